The van der Waals surface area contributed by atoms with Gasteiger partial charge in [0.2, 0.25) is 11.8 Å². The molecule has 2 bridgehead atoms. The predicted molar refractivity (Wildman–Crippen MR) is 101 cm³/mol. The van der Waals surface area contributed by atoms with E-state index in [1.165, 1.54) is 4.90 Å². The average Bonchev–Trinajstić information content (AvgIpc) is 2.79. The van der Waals surface area contributed by atoms with E-state index in [1.54, 1.807) is 29.2 Å². The third kappa shape index (κ3) is 2.40. The first-order valence-corrected chi connectivity index (χ1v) is 9.46. The molecule has 0 unspecified atom stereocenters. The van der Waals surface area contributed by atoms with Gasteiger partial charge in [-0.2, -0.15) is 0 Å². The smallest absolute Gasteiger partial charge is 0.253 e. The molecule has 1 aliphatic heterocycles. The highest BCUT2D eigenvalue weighted by atomic mass is 16.2. The minimum Gasteiger partial charge on any atom is -0.339 e. The van der Waals surface area contributed by atoms with Crippen LogP contribution in [-0.2, 0) is 9.59 Å². The molecular formula is C21H28N2O3. The number of imide groups is 1. The van der Waals surface area contributed by atoms with Crippen molar-refractivity contribution in [2.24, 2.45) is 16.7 Å². The highest BCUT2D eigenvalue weighted by Gasteiger charge is 2.64. The van der Waals surface area contributed by atoms with Crippen LogP contribution in [0.25, 0.3) is 0 Å². The van der Waals surface area contributed by atoms with E-state index in [0.717, 1.165) is 12.8 Å². The summed E-state index contributed by atoms with van der Waals surface area (Å²) in [7, 11) is 0. The summed E-state index contributed by atoms with van der Waals surface area (Å²) in [4.78, 5) is 42.1. The molecule has 0 spiro atoms. The summed E-state index contributed by atoms with van der Waals surface area (Å²) in [5.41, 5.74) is 0.123. The monoisotopic (exact) mass is 356 g/mol. The second-order valence-electron chi connectivity index (χ2n) is 8.15. The largest absolute Gasteiger partial charge is 0.339 e. The molecule has 1 saturated carbocycles. The van der Waals surface area contributed by atoms with E-state index in [4.69, 9.17) is 0 Å². The SMILES string of the molecule is CCN(CC)C(=O)c1cccc(N2C(=O)[C@H]3CC[C@@](C)(C2=O)C3(C)C)c1. The highest BCUT2D eigenvalue weighted by molar-refractivity contribution is 6.20. The second kappa shape index (κ2) is 6.22. The van der Waals surface area contributed by atoms with Crippen LogP contribution in [0, 0.1) is 16.7 Å². The topological polar surface area (TPSA) is 57.7 Å². The fourth-order valence-electron chi connectivity index (χ4n) is 4.53. The molecule has 0 N–H and O–H groups in total. The van der Waals surface area contributed by atoms with Gasteiger partial charge < -0.3 is 4.90 Å². The number of hydrogen-bond acceptors (Lipinski definition) is 3. The molecule has 2 fully saturated rings. The average molecular weight is 356 g/mol. The molecule has 3 rings (SSSR count). The molecular weight excluding hydrogens is 328 g/mol. The molecule has 0 aromatic heterocycles. The van der Waals surface area contributed by atoms with Gasteiger partial charge in [-0.05, 0) is 50.3 Å². The molecule has 2 aliphatic rings. The normalized spacial score (nSPS) is 27.0. The molecule has 5 nitrogen and oxygen atoms in total. The third-order valence-corrected chi connectivity index (χ3v) is 6.82. The summed E-state index contributed by atoms with van der Waals surface area (Å²) >= 11 is 0. The molecule has 1 aromatic rings. The number of amides is 3. The Morgan fingerprint density at radius 2 is 1.85 bits per heavy atom. The molecule has 26 heavy (non-hydrogen) atoms. The van der Waals surface area contributed by atoms with E-state index in [9.17, 15) is 14.4 Å². The van der Waals surface area contributed by atoms with Crippen LogP contribution in [0.2, 0.25) is 0 Å². The number of nitrogens with zero attached hydrogens (tertiary/aromatic N) is 2. The van der Waals surface area contributed by atoms with Crippen LogP contribution in [0.5, 0.6) is 0 Å². The Bertz CT molecular complexity index is 766. The zero-order chi connectivity index (χ0) is 19.3. The van der Waals surface area contributed by atoms with Gasteiger partial charge in [-0.25, -0.2) is 4.90 Å². The summed E-state index contributed by atoms with van der Waals surface area (Å²) in [6.07, 6.45) is 1.46. The van der Waals surface area contributed by atoms with Gasteiger partial charge in [-0.1, -0.05) is 26.8 Å². The molecule has 2 atom stereocenters. The number of carbonyl (C=O) groups is 3. The van der Waals surface area contributed by atoms with Crippen molar-refractivity contribution in [2.45, 2.75) is 47.5 Å². The van der Waals surface area contributed by atoms with Gasteiger partial charge in [0.15, 0.2) is 0 Å². The number of carbonyl (C=O) groups excluding carboxylic acids is 3. The first-order valence-electron chi connectivity index (χ1n) is 9.46. The molecule has 1 aliphatic carbocycles. The Hall–Kier alpha value is -2.17. The van der Waals surface area contributed by atoms with Gasteiger partial charge >= 0.3 is 0 Å². The van der Waals surface area contributed by atoms with E-state index >= 15 is 0 Å². The van der Waals surface area contributed by atoms with Crippen molar-refractivity contribution >= 4 is 23.4 Å². The van der Waals surface area contributed by atoms with Crippen LogP contribution < -0.4 is 4.90 Å². The summed E-state index contributed by atoms with van der Waals surface area (Å²) in [6, 6.07) is 6.91. The van der Waals surface area contributed by atoms with Crippen LogP contribution in [-0.4, -0.2) is 35.7 Å². The van der Waals surface area contributed by atoms with Crippen LogP contribution in [0.3, 0.4) is 0 Å². The first kappa shape index (κ1) is 18.6. The van der Waals surface area contributed by atoms with Crippen LogP contribution in [0.4, 0.5) is 5.69 Å². The Labute approximate surface area is 155 Å². The van der Waals surface area contributed by atoms with Crippen molar-refractivity contribution in [3.05, 3.63) is 29.8 Å². The zero-order valence-corrected chi connectivity index (χ0v) is 16.3. The molecule has 1 aromatic carbocycles. The van der Waals surface area contributed by atoms with Crippen molar-refractivity contribution in [2.75, 3.05) is 18.0 Å². The van der Waals surface area contributed by atoms with Gasteiger partial charge in [0.05, 0.1) is 11.1 Å². The third-order valence-electron chi connectivity index (χ3n) is 6.82. The van der Waals surface area contributed by atoms with Gasteiger partial charge in [0.1, 0.15) is 0 Å². The summed E-state index contributed by atoms with van der Waals surface area (Å²) < 4.78 is 0. The van der Waals surface area contributed by atoms with E-state index in [1.807, 2.05) is 34.6 Å². The quantitative estimate of drug-likeness (QED) is 0.776. The fourth-order valence-corrected chi connectivity index (χ4v) is 4.53. The Balaban J connectivity index is 2.00. The molecule has 0 radical (unpaired) electrons. The lowest BCUT2D eigenvalue weighted by atomic mass is 9.62. The van der Waals surface area contributed by atoms with E-state index in [2.05, 4.69) is 0 Å². The number of anilines is 1. The lowest BCUT2D eigenvalue weighted by Gasteiger charge is -2.47. The zero-order valence-electron chi connectivity index (χ0n) is 16.3. The highest BCUT2D eigenvalue weighted by Crippen LogP contribution is 2.60. The lowest BCUT2D eigenvalue weighted by molar-refractivity contribution is -0.146. The van der Waals surface area contributed by atoms with E-state index < -0.39 is 5.41 Å². The number of fused-ring (bicyclic) bond motifs is 2. The van der Waals surface area contributed by atoms with Crippen molar-refractivity contribution in [1.82, 2.24) is 4.90 Å². The minimum atomic E-state index is -0.551. The maximum atomic E-state index is 13.3. The van der Waals surface area contributed by atoms with Gasteiger partial charge in [0, 0.05) is 24.6 Å². The number of piperidine rings is 1. The van der Waals surface area contributed by atoms with Gasteiger partial charge in [0.25, 0.3) is 5.91 Å². The van der Waals surface area contributed by atoms with Gasteiger partial charge in [-0.3, -0.25) is 14.4 Å². The summed E-state index contributed by atoms with van der Waals surface area (Å²) in [5, 5.41) is 0. The van der Waals surface area contributed by atoms with E-state index in [0.29, 0.717) is 24.3 Å². The Morgan fingerprint density at radius 1 is 1.19 bits per heavy atom. The number of hydrogen-bond donors (Lipinski definition) is 0. The summed E-state index contributed by atoms with van der Waals surface area (Å²) in [6.45, 7) is 11.1. The molecule has 140 valence electrons. The standard InChI is InChI=1S/C21H28N2O3/c1-6-22(7-2)17(24)14-9-8-10-15(13-14)23-18(25)16-11-12-21(5,19(23)26)20(16,3)4/h8-10,13,16H,6-7,11-12H2,1-5H3/t16-,21+/m1/s1. The van der Waals surface area contributed by atoms with Crippen molar-refractivity contribution < 1.29 is 14.4 Å². The van der Waals surface area contributed by atoms with Crippen LogP contribution in [0.1, 0.15) is 57.8 Å². The molecule has 1 heterocycles. The number of rotatable bonds is 4. The lowest BCUT2D eigenvalue weighted by Crippen LogP contribution is -2.59. The molecule has 5 heteroatoms. The fraction of sp³-hybridized carbons (Fsp3) is 0.571. The Kier molecular flexibility index (Phi) is 4.45. The van der Waals surface area contributed by atoms with Crippen molar-refractivity contribution in [3.8, 4) is 0 Å². The Morgan fingerprint density at radius 3 is 2.46 bits per heavy atom. The van der Waals surface area contributed by atoms with Crippen LogP contribution in [0.15, 0.2) is 24.3 Å². The first-order chi connectivity index (χ1) is 12.2. The minimum absolute atomic E-state index is 0.0803. The molecule has 3 amide bonds. The maximum Gasteiger partial charge on any atom is 0.253 e. The summed E-state index contributed by atoms with van der Waals surface area (Å²) in [5.74, 6) is -0.522. The number of benzene rings is 1. The predicted octanol–water partition coefficient (Wildman–Crippen LogP) is 3.48. The molecule has 1 saturated heterocycles. The van der Waals surface area contributed by atoms with Gasteiger partial charge in [-0.15, -0.1) is 0 Å². The van der Waals surface area contributed by atoms with Crippen LogP contribution >= 0.6 is 0 Å². The maximum absolute atomic E-state index is 13.3. The van der Waals surface area contributed by atoms with Crippen molar-refractivity contribution in [3.63, 3.8) is 0 Å². The van der Waals surface area contributed by atoms with E-state index in [-0.39, 0.29) is 29.1 Å². The van der Waals surface area contributed by atoms with Crippen molar-refractivity contribution in [1.29, 1.82) is 0 Å². The second-order valence-corrected chi connectivity index (χ2v) is 8.15.